The number of aromatic nitrogens is 4. The molecule has 1 aromatic carbocycles. The highest BCUT2D eigenvalue weighted by Crippen LogP contribution is 2.30. The van der Waals surface area contributed by atoms with Gasteiger partial charge in [-0.05, 0) is 29.8 Å². The number of fused-ring (bicyclic) bond motifs is 1. The molecule has 4 aromatic rings. The van der Waals surface area contributed by atoms with Crippen molar-refractivity contribution in [2.45, 2.75) is 10.9 Å². The lowest BCUT2D eigenvalue weighted by Crippen LogP contribution is -2.11. The summed E-state index contributed by atoms with van der Waals surface area (Å²) in [5.41, 5.74) is 3.19. The first-order chi connectivity index (χ1) is 12.7. The molecule has 128 valence electrons. The summed E-state index contributed by atoms with van der Waals surface area (Å²) in [5, 5.41) is 18.9. The van der Waals surface area contributed by atoms with Crippen LogP contribution in [0.4, 0.5) is 0 Å². The number of halogens is 1. The normalized spacial score (nSPS) is 10.9. The first-order valence-electron chi connectivity index (χ1n) is 7.76. The van der Waals surface area contributed by atoms with E-state index in [2.05, 4.69) is 16.3 Å². The Balaban J connectivity index is 1.62. The quantitative estimate of drug-likeness (QED) is 0.430. The number of nitrogens with two attached hydrogens (primary N) is 1. The minimum Gasteiger partial charge on any atom is -0.335 e. The molecule has 0 fully saturated rings. The van der Waals surface area contributed by atoms with E-state index in [0.29, 0.717) is 27.3 Å². The number of hydrogen-bond donors (Lipinski definition) is 1. The van der Waals surface area contributed by atoms with Crippen molar-refractivity contribution in [3.63, 3.8) is 0 Å². The van der Waals surface area contributed by atoms with Gasteiger partial charge in [0.25, 0.3) is 0 Å². The maximum Gasteiger partial charge on any atom is 0.210 e. The third kappa shape index (κ3) is 2.79. The van der Waals surface area contributed by atoms with E-state index in [1.54, 1.807) is 6.07 Å². The van der Waals surface area contributed by atoms with Gasteiger partial charge in [-0.3, -0.25) is 0 Å². The topological polar surface area (TPSA) is 84.9 Å². The molecule has 0 bridgehead atoms. The molecule has 0 saturated carbocycles. The van der Waals surface area contributed by atoms with Gasteiger partial charge in [0.05, 0.1) is 16.1 Å². The summed E-state index contributed by atoms with van der Waals surface area (Å²) in [6.45, 7) is 0. The fourth-order valence-electron chi connectivity index (χ4n) is 2.76. The first kappa shape index (κ1) is 16.5. The van der Waals surface area contributed by atoms with Gasteiger partial charge in [-0.2, -0.15) is 5.26 Å². The van der Waals surface area contributed by atoms with Gasteiger partial charge in [0.1, 0.15) is 6.07 Å². The molecule has 0 saturated heterocycles. The molecule has 0 aliphatic rings. The zero-order chi connectivity index (χ0) is 18.1. The molecule has 0 aliphatic carbocycles. The van der Waals surface area contributed by atoms with E-state index in [9.17, 15) is 5.26 Å². The largest absolute Gasteiger partial charge is 0.335 e. The molecular formula is C18H13ClN6S. The maximum atomic E-state index is 9.50. The second-order valence-electron chi connectivity index (χ2n) is 5.58. The predicted molar refractivity (Wildman–Crippen MR) is 102 cm³/mol. The van der Waals surface area contributed by atoms with E-state index in [1.807, 2.05) is 53.2 Å². The fraction of sp³-hybridized carbons (Fsp3) is 0.0556. The van der Waals surface area contributed by atoms with Crippen LogP contribution in [0.25, 0.3) is 16.9 Å². The molecule has 0 atom stereocenters. The van der Waals surface area contributed by atoms with Crippen LogP contribution in [0.2, 0.25) is 5.02 Å². The number of benzene rings is 1. The van der Waals surface area contributed by atoms with Crippen LogP contribution in [0.1, 0.15) is 11.1 Å². The SMILES string of the molecule is N#Cc1c(CSc2nnc(-c3ccccc3Cl)n2N)cn2ccccc12. The second kappa shape index (κ2) is 6.75. The molecule has 3 heterocycles. The Labute approximate surface area is 158 Å². The summed E-state index contributed by atoms with van der Waals surface area (Å²) in [4.78, 5) is 0. The van der Waals surface area contributed by atoms with Crippen molar-refractivity contribution in [1.82, 2.24) is 19.3 Å². The number of pyridine rings is 1. The lowest BCUT2D eigenvalue weighted by Gasteiger charge is -2.04. The molecule has 0 spiro atoms. The smallest absolute Gasteiger partial charge is 0.210 e. The predicted octanol–water partition coefficient (Wildman–Crippen LogP) is 3.73. The average Bonchev–Trinajstić information content (AvgIpc) is 3.20. The molecule has 4 rings (SSSR count). The Bertz CT molecular complexity index is 1140. The standard InChI is InChI=1S/C18H13ClN6S/c19-15-6-2-1-5-13(15)17-22-23-18(25(17)21)26-11-12-10-24-8-4-3-7-16(24)14(12)9-20/h1-8,10H,11,21H2. The third-order valence-electron chi connectivity index (χ3n) is 4.01. The van der Waals surface area contributed by atoms with Crippen molar-refractivity contribution in [2.75, 3.05) is 5.84 Å². The Morgan fingerprint density at radius 2 is 1.96 bits per heavy atom. The highest BCUT2D eigenvalue weighted by atomic mass is 35.5. The summed E-state index contributed by atoms with van der Waals surface area (Å²) < 4.78 is 3.37. The van der Waals surface area contributed by atoms with Crippen LogP contribution in [0.5, 0.6) is 0 Å². The third-order valence-corrected chi connectivity index (χ3v) is 5.33. The van der Waals surface area contributed by atoms with E-state index in [1.165, 1.54) is 16.4 Å². The minimum atomic E-state index is 0.501. The summed E-state index contributed by atoms with van der Waals surface area (Å²) in [6, 6.07) is 15.4. The zero-order valence-electron chi connectivity index (χ0n) is 13.5. The Kier molecular flexibility index (Phi) is 4.29. The molecule has 0 radical (unpaired) electrons. The van der Waals surface area contributed by atoms with E-state index in [-0.39, 0.29) is 0 Å². The van der Waals surface area contributed by atoms with Crippen LogP contribution >= 0.6 is 23.4 Å². The van der Waals surface area contributed by atoms with Crippen molar-refractivity contribution in [3.8, 4) is 17.5 Å². The van der Waals surface area contributed by atoms with Crippen molar-refractivity contribution in [1.29, 1.82) is 5.26 Å². The van der Waals surface area contributed by atoms with Gasteiger partial charge in [-0.15, -0.1) is 10.2 Å². The summed E-state index contributed by atoms with van der Waals surface area (Å²) in [6.07, 6.45) is 3.87. The van der Waals surface area contributed by atoms with Crippen LogP contribution in [0, 0.1) is 11.3 Å². The lowest BCUT2D eigenvalue weighted by atomic mass is 10.2. The molecule has 0 aliphatic heterocycles. The first-order valence-corrected chi connectivity index (χ1v) is 9.12. The van der Waals surface area contributed by atoms with E-state index < -0.39 is 0 Å². The van der Waals surface area contributed by atoms with E-state index in [4.69, 9.17) is 17.4 Å². The molecule has 2 N–H and O–H groups in total. The van der Waals surface area contributed by atoms with Crippen molar-refractivity contribution < 1.29 is 0 Å². The minimum absolute atomic E-state index is 0.501. The van der Waals surface area contributed by atoms with Gasteiger partial charge in [0.2, 0.25) is 5.16 Å². The highest BCUT2D eigenvalue weighted by Gasteiger charge is 2.16. The lowest BCUT2D eigenvalue weighted by molar-refractivity contribution is 0.849. The molecular weight excluding hydrogens is 368 g/mol. The van der Waals surface area contributed by atoms with Crippen LogP contribution < -0.4 is 5.84 Å². The molecule has 0 unspecified atom stereocenters. The number of nitrogen functional groups attached to an aromatic ring is 1. The Hall–Kier alpha value is -2.95. The van der Waals surface area contributed by atoms with Gasteiger partial charge in [0.15, 0.2) is 5.82 Å². The number of nitriles is 1. The summed E-state index contributed by atoms with van der Waals surface area (Å²) in [5.74, 6) is 7.21. The molecule has 0 amide bonds. The van der Waals surface area contributed by atoms with Crippen molar-refractivity contribution in [2.24, 2.45) is 0 Å². The van der Waals surface area contributed by atoms with Crippen LogP contribution in [-0.4, -0.2) is 19.3 Å². The van der Waals surface area contributed by atoms with Gasteiger partial charge >= 0.3 is 0 Å². The molecule has 6 nitrogen and oxygen atoms in total. The molecule has 26 heavy (non-hydrogen) atoms. The van der Waals surface area contributed by atoms with Crippen LogP contribution in [0.3, 0.4) is 0 Å². The van der Waals surface area contributed by atoms with Crippen LogP contribution in [-0.2, 0) is 5.75 Å². The molecule has 8 heteroatoms. The number of hydrogen-bond acceptors (Lipinski definition) is 5. The fourth-order valence-corrected chi connectivity index (χ4v) is 3.81. The monoisotopic (exact) mass is 380 g/mol. The number of nitrogens with zero attached hydrogens (tertiary/aromatic N) is 5. The number of thioether (sulfide) groups is 1. The summed E-state index contributed by atoms with van der Waals surface area (Å²) >= 11 is 7.64. The average molecular weight is 381 g/mol. The second-order valence-corrected chi connectivity index (χ2v) is 6.93. The Morgan fingerprint density at radius 1 is 1.15 bits per heavy atom. The van der Waals surface area contributed by atoms with E-state index >= 15 is 0 Å². The maximum absolute atomic E-state index is 9.50. The van der Waals surface area contributed by atoms with Gasteiger partial charge in [-0.1, -0.05) is 41.6 Å². The van der Waals surface area contributed by atoms with E-state index in [0.717, 1.165) is 16.6 Å². The molecule has 3 aromatic heterocycles. The van der Waals surface area contributed by atoms with Gasteiger partial charge in [-0.25, -0.2) is 4.68 Å². The summed E-state index contributed by atoms with van der Waals surface area (Å²) in [7, 11) is 0. The number of rotatable bonds is 4. The van der Waals surface area contributed by atoms with Crippen LogP contribution in [0.15, 0.2) is 60.0 Å². The van der Waals surface area contributed by atoms with Gasteiger partial charge in [0, 0.05) is 23.7 Å². The van der Waals surface area contributed by atoms with Gasteiger partial charge < -0.3 is 10.2 Å². The zero-order valence-corrected chi connectivity index (χ0v) is 15.1. The highest BCUT2D eigenvalue weighted by molar-refractivity contribution is 7.98. The Morgan fingerprint density at radius 3 is 2.77 bits per heavy atom. The van der Waals surface area contributed by atoms with Crippen molar-refractivity contribution >= 4 is 28.9 Å². The van der Waals surface area contributed by atoms with Crippen molar-refractivity contribution in [3.05, 3.63) is 71.0 Å².